The number of para-hydroxylation sites is 1. The molecule has 0 saturated heterocycles. The molecule has 0 fully saturated rings. The molecule has 0 N–H and O–H groups in total. The van der Waals surface area contributed by atoms with E-state index in [0.717, 1.165) is 5.69 Å². The van der Waals surface area contributed by atoms with Gasteiger partial charge in [0.05, 0.1) is 6.61 Å². The summed E-state index contributed by atoms with van der Waals surface area (Å²) < 4.78 is 5.21. The number of carbonyl (C=O) groups excluding carboxylic acids is 1. The average Bonchev–Trinajstić information content (AvgIpc) is 2.25. The molecule has 1 rings (SSSR count). The number of hydrogen-bond acceptors (Lipinski definition) is 2. The van der Waals surface area contributed by atoms with Gasteiger partial charge in [-0.15, -0.1) is 0 Å². The highest BCUT2D eigenvalue weighted by Gasteiger charge is 2.17. The highest BCUT2D eigenvalue weighted by molar-refractivity contribution is 5.86. The summed E-state index contributed by atoms with van der Waals surface area (Å²) in [5.74, 6) is 0. The molecule has 0 aromatic heterocycles. The predicted octanol–water partition coefficient (Wildman–Crippen LogP) is 3.31. The number of amides is 1. The molecule has 0 aliphatic carbocycles. The summed E-state index contributed by atoms with van der Waals surface area (Å²) in [5.41, 5.74) is 0.828. The Morgan fingerprint density at radius 2 is 1.81 bits per heavy atom. The van der Waals surface area contributed by atoms with Gasteiger partial charge in [-0.2, -0.15) is 0 Å². The molecule has 1 aromatic rings. The smallest absolute Gasteiger partial charge is 0.414 e. The van der Waals surface area contributed by atoms with Crippen molar-refractivity contribution in [3.8, 4) is 0 Å². The SMILES string of the molecule is CN(C(=O)OCC(C)(C)C)c1ccccc1. The zero-order valence-electron chi connectivity index (χ0n) is 10.4. The number of rotatable bonds is 2. The molecule has 3 heteroatoms. The summed E-state index contributed by atoms with van der Waals surface area (Å²) in [6.45, 7) is 6.51. The molecule has 0 radical (unpaired) electrons. The molecule has 0 heterocycles. The second-order valence-corrected chi connectivity index (χ2v) is 5.01. The Hall–Kier alpha value is -1.51. The molecule has 16 heavy (non-hydrogen) atoms. The Kier molecular flexibility index (Phi) is 3.93. The Morgan fingerprint density at radius 3 is 2.31 bits per heavy atom. The Balaban J connectivity index is 2.55. The van der Waals surface area contributed by atoms with E-state index in [0.29, 0.717) is 6.61 Å². The van der Waals surface area contributed by atoms with E-state index in [1.807, 2.05) is 51.1 Å². The van der Waals surface area contributed by atoms with Gasteiger partial charge in [0.1, 0.15) is 0 Å². The Bertz CT molecular complexity index is 341. The van der Waals surface area contributed by atoms with Gasteiger partial charge in [0.15, 0.2) is 0 Å². The molecule has 88 valence electrons. The molecule has 0 saturated carbocycles. The van der Waals surface area contributed by atoms with Crippen LogP contribution in [-0.4, -0.2) is 19.7 Å². The summed E-state index contributed by atoms with van der Waals surface area (Å²) in [5, 5.41) is 0. The predicted molar refractivity (Wildman–Crippen MR) is 65.6 cm³/mol. The first-order valence-electron chi connectivity index (χ1n) is 5.36. The molecule has 0 unspecified atom stereocenters. The van der Waals surface area contributed by atoms with Gasteiger partial charge in [-0.05, 0) is 17.5 Å². The van der Waals surface area contributed by atoms with Gasteiger partial charge in [0, 0.05) is 12.7 Å². The van der Waals surface area contributed by atoms with Crippen molar-refractivity contribution in [3.63, 3.8) is 0 Å². The lowest BCUT2D eigenvalue weighted by atomic mass is 9.99. The molecule has 0 spiro atoms. The van der Waals surface area contributed by atoms with Crippen molar-refractivity contribution in [2.75, 3.05) is 18.6 Å². The minimum atomic E-state index is -0.318. The highest BCUT2D eigenvalue weighted by atomic mass is 16.6. The van der Waals surface area contributed by atoms with Crippen LogP contribution in [0.5, 0.6) is 0 Å². The van der Waals surface area contributed by atoms with E-state index in [1.54, 1.807) is 7.05 Å². The molecule has 0 aliphatic rings. The molecule has 0 bridgehead atoms. The minimum Gasteiger partial charge on any atom is -0.449 e. The molecule has 1 aromatic carbocycles. The van der Waals surface area contributed by atoms with Crippen LogP contribution in [0.2, 0.25) is 0 Å². The van der Waals surface area contributed by atoms with Crippen LogP contribution in [0.3, 0.4) is 0 Å². The first-order valence-corrected chi connectivity index (χ1v) is 5.36. The summed E-state index contributed by atoms with van der Waals surface area (Å²) in [4.78, 5) is 13.2. The monoisotopic (exact) mass is 221 g/mol. The normalized spacial score (nSPS) is 11.0. The van der Waals surface area contributed by atoms with Gasteiger partial charge in [-0.25, -0.2) is 4.79 Å². The highest BCUT2D eigenvalue weighted by Crippen LogP contribution is 2.16. The second kappa shape index (κ2) is 5.01. The van der Waals surface area contributed by atoms with Crippen molar-refractivity contribution in [3.05, 3.63) is 30.3 Å². The lowest BCUT2D eigenvalue weighted by Gasteiger charge is -2.22. The van der Waals surface area contributed by atoms with E-state index < -0.39 is 0 Å². The second-order valence-electron chi connectivity index (χ2n) is 5.01. The number of ether oxygens (including phenoxy) is 1. The number of benzene rings is 1. The third-order valence-electron chi connectivity index (χ3n) is 2.05. The van der Waals surface area contributed by atoms with Gasteiger partial charge in [0.2, 0.25) is 0 Å². The maximum absolute atomic E-state index is 11.7. The fourth-order valence-electron chi connectivity index (χ4n) is 1.13. The van der Waals surface area contributed by atoms with Gasteiger partial charge in [0.25, 0.3) is 0 Å². The van der Waals surface area contributed by atoms with Gasteiger partial charge in [-0.3, -0.25) is 4.90 Å². The molecule has 0 aliphatic heterocycles. The lowest BCUT2D eigenvalue weighted by molar-refractivity contribution is 0.113. The van der Waals surface area contributed by atoms with Crippen LogP contribution < -0.4 is 4.90 Å². The Labute approximate surface area is 97.0 Å². The third-order valence-corrected chi connectivity index (χ3v) is 2.05. The van der Waals surface area contributed by atoms with Crippen molar-refractivity contribution in [1.82, 2.24) is 0 Å². The zero-order chi connectivity index (χ0) is 12.2. The van der Waals surface area contributed by atoms with Gasteiger partial charge in [-0.1, -0.05) is 39.0 Å². The van der Waals surface area contributed by atoms with Crippen LogP contribution in [0.4, 0.5) is 10.5 Å². The summed E-state index contributed by atoms with van der Waals surface area (Å²) >= 11 is 0. The van der Waals surface area contributed by atoms with Gasteiger partial charge >= 0.3 is 6.09 Å². The number of anilines is 1. The summed E-state index contributed by atoms with van der Waals surface area (Å²) in [6.07, 6.45) is -0.318. The van der Waals surface area contributed by atoms with E-state index in [4.69, 9.17) is 4.74 Å². The lowest BCUT2D eigenvalue weighted by Crippen LogP contribution is -2.30. The van der Waals surface area contributed by atoms with Crippen molar-refractivity contribution in [2.45, 2.75) is 20.8 Å². The fourth-order valence-corrected chi connectivity index (χ4v) is 1.13. The molecule has 0 atom stereocenters. The first kappa shape index (κ1) is 12.6. The largest absolute Gasteiger partial charge is 0.449 e. The van der Waals surface area contributed by atoms with Crippen molar-refractivity contribution >= 4 is 11.8 Å². The van der Waals surface area contributed by atoms with Crippen LogP contribution in [0, 0.1) is 5.41 Å². The molecule has 1 amide bonds. The maximum Gasteiger partial charge on any atom is 0.414 e. The van der Waals surface area contributed by atoms with Crippen LogP contribution in [0.15, 0.2) is 30.3 Å². The zero-order valence-corrected chi connectivity index (χ0v) is 10.4. The van der Waals surface area contributed by atoms with E-state index in [1.165, 1.54) is 4.90 Å². The topological polar surface area (TPSA) is 29.5 Å². The summed E-state index contributed by atoms with van der Waals surface area (Å²) in [7, 11) is 1.71. The van der Waals surface area contributed by atoms with Crippen LogP contribution in [-0.2, 0) is 4.74 Å². The van der Waals surface area contributed by atoms with Crippen LogP contribution >= 0.6 is 0 Å². The number of nitrogens with zero attached hydrogens (tertiary/aromatic N) is 1. The fraction of sp³-hybridized carbons (Fsp3) is 0.462. The van der Waals surface area contributed by atoms with E-state index in [2.05, 4.69) is 0 Å². The Morgan fingerprint density at radius 1 is 1.25 bits per heavy atom. The average molecular weight is 221 g/mol. The molecule has 3 nitrogen and oxygen atoms in total. The first-order chi connectivity index (χ1) is 7.40. The van der Waals surface area contributed by atoms with Crippen molar-refractivity contribution < 1.29 is 9.53 Å². The molecular formula is C13H19NO2. The third kappa shape index (κ3) is 3.93. The van der Waals surface area contributed by atoms with Crippen molar-refractivity contribution in [2.24, 2.45) is 5.41 Å². The van der Waals surface area contributed by atoms with E-state index >= 15 is 0 Å². The quantitative estimate of drug-likeness (QED) is 0.766. The molecular weight excluding hydrogens is 202 g/mol. The van der Waals surface area contributed by atoms with Crippen LogP contribution in [0.1, 0.15) is 20.8 Å². The van der Waals surface area contributed by atoms with Crippen molar-refractivity contribution in [1.29, 1.82) is 0 Å². The number of hydrogen-bond donors (Lipinski definition) is 0. The van der Waals surface area contributed by atoms with E-state index in [9.17, 15) is 4.79 Å². The number of carbonyl (C=O) groups is 1. The minimum absolute atomic E-state index is 0.00676. The standard InChI is InChI=1S/C13H19NO2/c1-13(2,3)10-16-12(15)14(4)11-8-6-5-7-9-11/h5-9H,10H2,1-4H3. The van der Waals surface area contributed by atoms with Gasteiger partial charge < -0.3 is 4.74 Å². The van der Waals surface area contributed by atoms with E-state index in [-0.39, 0.29) is 11.5 Å². The van der Waals surface area contributed by atoms with Crippen LogP contribution in [0.25, 0.3) is 0 Å². The maximum atomic E-state index is 11.7. The summed E-state index contributed by atoms with van der Waals surface area (Å²) in [6, 6.07) is 9.44.